The van der Waals surface area contributed by atoms with Gasteiger partial charge in [0.05, 0.1) is 0 Å². The fraction of sp³-hybridized carbons (Fsp3) is 0.400. The zero-order valence-electron chi connectivity index (χ0n) is 14.8. The van der Waals surface area contributed by atoms with Crippen LogP contribution in [0.15, 0.2) is 60.7 Å². The maximum Gasteiger partial charge on any atom is 0.261 e. The van der Waals surface area contributed by atoms with Crippen molar-refractivity contribution in [3.05, 3.63) is 60.7 Å². The Morgan fingerprint density at radius 1 is 0.913 bits per heavy atom. The quantitative estimate of drug-likeness (QED) is 0.826. The number of nitrogens with two attached hydrogens (primary N) is 1. The third kappa shape index (κ3) is 3.74. The van der Waals surface area contributed by atoms with Crippen molar-refractivity contribution in [1.82, 2.24) is 0 Å². The predicted molar refractivity (Wildman–Crippen MR) is 102 cm³/mol. The molecule has 2 rings (SSSR count). The Morgan fingerprint density at radius 2 is 1.35 bits per heavy atom. The Morgan fingerprint density at radius 3 is 1.70 bits per heavy atom. The van der Waals surface area contributed by atoms with Gasteiger partial charge in [0.2, 0.25) is 0 Å². The molecule has 1 atom stereocenters. The molecule has 0 aliphatic carbocycles. The summed E-state index contributed by atoms with van der Waals surface area (Å²) in [7, 11) is -2.41. The van der Waals surface area contributed by atoms with Gasteiger partial charge in [-0.15, -0.1) is 0 Å². The second kappa shape index (κ2) is 7.43. The van der Waals surface area contributed by atoms with Gasteiger partial charge in [-0.25, -0.2) is 0 Å². The zero-order chi connectivity index (χ0) is 16.9. The van der Waals surface area contributed by atoms with E-state index in [1.54, 1.807) is 0 Å². The molecule has 0 aromatic heterocycles. The summed E-state index contributed by atoms with van der Waals surface area (Å²) in [4.78, 5) is 0. The minimum Gasteiger partial charge on any atom is -0.406 e. The molecular weight excluding hydrogens is 298 g/mol. The third-order valence-electron chi connectivity index (χ3n) is 4.46. The molecular formula is C20H29NOSi. The maximum absolute atomic E-state index is 6.73. The molecule has 23 heavy (non-hydrogen) atoms. The van der Waals surface area contributed by atoms with Gasteiger partial charge in [-0.05, 0) is 21.8 Å². The summed E-state index contributed by atoms with van der Waals surface area (Å²) in [5, 5.41) is 2.63. The Bertz CT molecular complexity index is 553. The number of rotatable bonds is 6. The van der Waals surface area contributed by atoms with E-state index >= 15 is 0 Å². The SMILES string of the molecule is CC[C@H](N)CO[Si](c1ccccc1)(c1ccccc1)C(C)(C)C. The molecule has 0 fully saturated rings. The Labute approximate surface area is 141 Å². The van der Waals surface area contributed by atoms with E-state index in [1.807, 2.05) is 0 Å². The third-order valence-corrected chi connectivity index (χ3v) is 9.46. The van der Waals surface area contributed by atoms with Gasteiger partial charge in [-0.3, -0.25) is 0 Å². The summed E-state index contributed by atoms with van der Waals surface area (Å²) < 4.78 is 6.73. The molecule has 0 radical (unpaired) electrons. The first-order chi connectivity index (χ1) is 10.9. The molecule has 0 saturated heterocycles. The number of benzene rings is 2. The largest absolute Gasteiger partial charge is 0.406 e. The number of hydrogen-bond acceptors (Lipinski definition) is 2. The molecule has 3 heteroatoms. The van der Waals surface area contributed by atoms with Crippen LogP contribution in [0.2, 0.25) is 5.04 Å². The van der Waals surface area contributed by atoms with E-state index in [0.717, 1.165) is 6.42 Å². The summed E-state index contributed by atoms with van der Waals surface area (Å²) in [5.74, 6) is 0. The maximum atomic E-state index is 6.73. The molecule has 2 N–H and O–H groups in total. The van der Waals surface area contributed by atoms with Crippen LogP contribution >= 0.6 is 0 Å². The van der Waals surface area contributed by atoms with Gasteiger partial charge in [0.1, 0.15) is 0 Å². The van der Waals surface area contributed by atoms with Crippen LogP contribution in [0, 0.1) is 0 Å². The van der Waals surface area contributed by atoms with Crippen LogP contribution in [0.25, 0.3) is 0 Å². The first-order valence-corrected chi connectivity index (χ1v) is 10.3. The Balaban J connectivity index is 2.60. The smallest absolute Gasteiger partial charge is 0.261 e. The van der Waals surface area contributed by atoms with Crippen LogP contribution in [0.3, 0.4) is 0 Å². The van der Waals surface area contributed by atoms with Crippen molar-refractivity contribution in [1.29, 1.82) is 0 Å². The molecule has 2 nitrogen and oxygen atoms in total. The van der Waals surface area contributed by atoms with E-state index in [1.165, 1.54) is 10.4 Å². The molecule has 0 amide bonds. The lowest BCUT2D eigenvalue weighted by atomic mass is 10.2. The van der Waals surface area contributed by atoms with Gasteiger partial charge >= 0.3 is 0 Å². The van der Waals surface area contributed by atoms with Crippen LogP contribution in [-0.2, 0) is 4.43 Å². The molecule has 0 unspecified atom stereocenters. The lowest BCUT2D eigenvalue weighted by Gasteiger charge is -2.43. The van der Waals surface area contributed by atoms with Crippen LogP contribution in [0.5, 0.6) is 0 Å². The highest BCUT2D eigenvalue weighted by atomic mass is 28.4. The second-order valence-corrected chi connectivity index (χ2v) is 11.4. The molecule has 0 bridgehead atoms. The molecule has 0 aliphatic rings. The Hall–Kier alpha value is -1.42. The van der Waals surface area contributed by atoms with E-state index in [2.05, 4.69) is 88.4 Å². The van der Waals surface area contributed by atoms with Crippen LogP contribution in [-0.4, -0.2) is 21.0 Å². The fourth-order valence-corrected chi connectivity index (χ4v) is 7.73. The van der Waals surface area contributed by atoms with Gasteiger partial charge < -0.3 is 10.2 Å². The minimum atomic E-state index is -2.41. The predicted octanol–water partition coefficient (Wildman–Crippen LogP) is 3.30. The summed E-state index contributed by atoms with van der Waals surface area (Å²) >= 11 is 0. The first kappa shape index (κ1) is 17.9. The second-order valence-electron chi connectivity index (χ2n) is 7.14. The van der Waals surface area contributed by atoms with Gasteiger partial charge in [0.25, 0.3) is 8.32 Å². The summed E-state index contributed by atoms with van der Waals surface area (Å²) in [6.45, 7) is 9.58. The average molecular weight is 328 g/mol. The fourth-order valence-electron chi connectivity index (χ4n) is 3.11. The zero-order valence-corrected chi connectivity index (χ0v) is 15.8. The van der Waals surface area contributed by atoms with Crippen LogP contribution < -0.4 is 16.1 Å². The summed E-state index contributed by atoms with van der Waals surface area (Å²) in [6, 6.07) is 21.5. The van der Waals surface area contributed by atoms with E-state index in [-0.39, 0.29) is 11.1 Å². The summed E-state index contributed by atoms with van der Waals surface area (Å²) in [6.07, 6.45) is 0.929. The van der Waals surface area contributed by atoms with Crippen molar-refractivity contribution in [3.8, 4) is 0 Å². The lowest BCUT2D eigenvalue weighted by Crippen LogP contribution is -2.67. The average Bonchev–Trinajstić information content (AvgIpc) is 2.56. The molecule has 0 aliphatic heterocycles. The standard InChI is InChI=1S/C20H29NOSi/c1-5-17(21)16-22-23(20(2,3)4,18-12-8-6-9-13-18)19-14-10-7-11-15-19/h6-15,17H,5,16,21H2,1-4H3/t17-/m0/s1. The first-order valence-electron chi connectivity index (χ1n) is 8.42. The lowest BCUT2D eigenvalue weighted by molar-refractivity contribution is 0.269. The molecule has 2 aromatic rings. The van der Waals surface area contributed by atoms with Crippen LogP contribution in [0.1, 0.15) is 34.1 Å². The van der Waals surface area contributed by atoms with Crippen molar-refractivity contribution < 1.29 is 4.43 Å². The van der Waals surface area contributed by atoms with Gasteiger partial charge in [0, 0.05) is 12.6 Å². The molecule has 0 heterocycles. The topological polar surface area (TPSA) is 35.2 Å². The molecule has 0 spiro atoms. The Kier molecular flexibility index (Phi) is 5.79. The van der Waals surface area contributed by atoms with Crippen molar-refractivity contribution in [2.45, 2.75) is 45.2 Å². The van der Waals surface area contributed by atoms with Crippen molar-refractivity contribution in [2.75, 3.05) is 6.61 Å². The molecule has 0 saturated carbocycles. The van der Waals surface area contributed by atoms with Crippen molar-refractivity contribution in [2.24, 2.45) is 5.73 Å². The molecule has 124 valence electrons. The highest BCUT2D eigenvalue weighted by Gasteiger charge is 2.50. The van der Waals surface area contributed by atoms with Gasteiger partial charge in [0.15, 0.2) is 0 Å². The molecule has 2 aromatic carbocycles. The number of hydrogen-bond donors (Lipinski definition) is 1. The minimum absolute atomic E-state index is 0.0170. The van der Waals surface area contributed by atoms with E-state index < -0.39 is 8.32 Å². The van der Waals surface area contributed by atoms with E-state index in [0.29, 0.717) is 6.61 Å². The van der Waals surface area contributed by atoms with Gasteiger partial charge in [-0.2, -0.15) is 0 Å². The van der Waals surface area contributed by atoms with Crippen molar-refractivity contribution in [3.63, 3.8) is 0 Å². The highest BCUT2D eigenvalue weighted by molar-refractivity contribution is 6.99. The summed E-state index contributed by atoms with van der Waals surface area (Å²) in [5.41, 5.74) is 6.18. The highest BCUT2D eigenvalue weighted by Crippen LogP contribution is 2.36. The van der Waals surface area contributed by atoms with Crippen LogP contribution in [0.4, 0.5) is 0 Å². The van der Waals surface area contributed by atoms with Crippen molar-refractivity contribution >= 4 is 18.7 Å². The normalized spacial score (nSPS) is 13.8. The van der Waals surface area contributed by atoms with Gasteiger partial charge in [-0.1, -0.05) is 88.4 Å². The monoisotopic (exact) mass is 327 g/mol. The van der Waals surface area contributed by atoms with E-state index in [4.69, 9.17) is 10.2 Å². The van der Waals surface area contributed by atoms with E-state index in [9.17, 15) is 0 Å².